The molecule has 1 saturated carbocycles. The van der Waals surface area contributed by atoms with Crippen LogP contribution in [0.4, 0.5) is 14.6 Å². The molecule has 0 N–H and O–H groups in total. The summed E-state index contributed by atoms with van der Waals surface area (Å²) in [6, 6.07) is 11.3. The fourth-order valence-electron chi connectivity index (χ4n) is 4.31. The third-order valence-electron chi connectivity index (χ3n) is 6.75. The minimum atomic E-state index is -2.58. The van der Waals surface area contributed by atoms with E-state index in [-0.39, 0.29) is 30.8 Å². The number of alkyl halides is 2. The van der Waals surface area contributed by atoms with Gasteiger partial charge < -0.3 is 14.4 Å². The molecular weight excluding hydrogens is 466 g/mol. The zero-order chi connectivity index (χ0) is 25.1. The van der Waals surface area contributed by atoms with Gasteiger partial charge in [0.15, 0.2) is 0 Å². The molecule has 1 aliphatic carbocycles. The maximum absolute atomic E-state index is 13.0. The maximum atomic E-state index is 13.0. The molecule has 36 heavy (non-hydrogen) atoms. The SMILES string of the molecule is CC(C(=O)Cc1cncnc1)c1ccc(OC2CCN(c3ccc(OCC4CC4(F)F)cn3)C2)cc1. The molecule has 3 aromatic rings. The van der Waals surface area contributed by atoms with Crippen molar-refractivity contribution in [2.75, 3.05) is 24.6 Å². The van der Waals surface area contributed by atoms with Crippen molar-refractivity contribution in [3.05, 3.63) is 72.4 Å². The first kappa shape index (κ1) is 24.1. The zero-order valence-corrected chi connectivity index (χ0v) is 20.0. The summed E-state index contributed by atoms with van der Waals surface area (Å²) < 4.78 is 37.6. The molecule has 1 aromatic carbocycles. The van der Waals surface area contributed by atoms with Crippen molar-refractivity contribution >= 4 is 11.6 Å². The molecule has 188 valence electrons. The molecule has 2 aromatic heterocycles. The van der Waals surface area contributed by atoms with E-state index in [2.05, 4.69) is 19.9 Å². The first-order chi connectivity index (χ1) is 17.4. The van der Waals surface area contributed by atoms with Crippen LogP contribution >= 0.6 is 0 Å². The van der Waals surface area contributed by atoms with Gasteiger partial charge in [-0.15, -0.1) is 0 Å². The quantitative estimate of drug-likeness (QED) is 0.411. The van der Waals surface area contributed by atoms with E-state index in [4.69, 9.17) is 9.47 Å². The number of rotatable bonds is 10. The van der Waals surface area contributed by atoms with E-state index in [1.165, 1.54) is 6.33 Å². The van der Waals surface area contributed by atoms with Gasteiger partial charge >= 0.3 is 0 Å². The van der Waals surface area contributed by atoms with Gasteiger partial charge in [-0.2, -0.15) is 0 Å². The van der Waals surface area contributed by atoms with Crippen molar-refractivity contribution in [3.8, 4) is 11.5 Å². The number of benzene rings is 1. The minimum Gasteiger partial charge on any atom is -0.491 e. The summed E-state index contributed by atoms with van der Waals surface area (Å²) in [7, 11) is 0. The molecular formula is C27H28F2N4O3. The highest BCUT2D eigenvalue weighted by Crippen LogP contribution is 2.48. The molecule has 7 nitrogen and oxygen atoms in total. The standard InChI is InChI=1S/C27H28F2N4O3/c1-18(25(34)10-19-12-30-17-31-13-19)20-2-4-22(5-3-20)36-24-8-9-33(15-24)26-7-6-23(14-32-26)35-16-21-11-27(21,28)29/h2-7,12-14,17-18,21,24H,8-11,15-16H2,1H3. The Bertz CT molecular complexity index is 1180. The molecule has 9 heteroatoms. The van der Waals surface area contributed by atoms with Crippen LogP contribution in [0.5, 0.6) is 11.5 Å². The van der Waals surface area contributed by atoms with Gasteiger partial charge in [-0.3, -0.25) is 4.79 Å². The number of Topliss-reactive ketones (excluding diaryl/α,β-unsaturated/α-hetero) is 1. The highest BCUT2D eigenvalue weighted by atomic mass is 19.3. The van der Waals surface area contributed by atoms with Gasteiger partial charge in [0.05, 0.1) is 25.3 Å². The lowest BCUT2D eigenvalue weighted by molar-refractivity contribution is -0.119. The van der Waals surface area contributed by atoms with Crippen LogP contribution in [0.25, 0.3) is 0 Å². The lowest BCUT2D eigenvalue weighted by Crippen LogP contribution is -2.25. The third kappa shape index (κ3) is 5.78. The highest BCUT2D eigenvalue weighted by Gasteiger charge is 2.57. The molecule has 0 amide bonds. The zero-order valence-electron chi connectivity index (χ0n) is 20.0. The van der Waals surface area contributed by atoms with Crippen molar-refractivity contribution < 1.29 is 23.0 Å². The number of hydrogen-bond donors (Lipinski definition) is 0. The number of aromatic nitrogens is 3. The summed E-state index contributed by atoms with van der Waals surface area (Å²) in [4.78, 5) is 27.1. The number of carbonyl (C=O) groups is 1. The number of halogens is 2. The Kier molecular flexibility index (Phi) is 6.80. The van der Waals surface area contributed by atoms with E-state index in [1.807, 2.05) is 37.3 Å². The molecule has 0 radical (unpaired) electrons. The summed E-state index contributed by atoms with van der Waals surface area (Å²) in [6.07, 6.45) is 7.43. The van der Waals surface area contributed by atoms with Crippen LogP contribution in [0.3, 0.4) is 0 Å². The van der Waals surface area contributed by atoms with E-state index >= 15 is 0 Å². The molecule has 3 atom stereocenters. The lowest BCUT2D eigenvalue weighted by atomic mass is 9.93. The van der Waals surface area contributed by atoms with Crippen molar-refractivity contribution in [3.63, 3.8) is 0 Å². The van der Waals surface area contributed by atoms with Crippen molar-refractivity contribution in [2.45, 2.75) is 44.1 Å². The number of ketones is 1. The normalized spacial score (nSPS) is 21.1. The molecule has 0 bridgehead atoms. The lowest BCUT2D eigenvalue weighted by Gasteiger charge is -2.19. The van der Waals surface area contributed by atoms with Gasteiger partial charge in [0.2, 0.25) is 0 Å². The second-order valence-corrected chi connectivity index (χ2v) is 9.48. The fourth-order valence-corrected chi connectivity index (χ4v) is 4.31. The predicted octanol–water partition coefficient (Wildman–Crippen LogP) is 4.48. The molecule has 2 aliphatic rings. The number of carbonyl (C=O) groups excluding carboxylic acids is 1. The third-order valence-corrected chi connectivity index (χ3v) is 6.75. The fraction of sp³-hybridized carbons (Fsp3) is 0.407. The minimum absolute atomic E-state index is 0.0152. The van der Waals surface area contributed by atoms with Gasteiger partial charge in [0.1, 0.15) is 35.5 Å². The van der Waals surface area contributed by atoms with Crippen molar-refractivity contribution in [1.29, 1.82) is 0 Å². The first-order valence-corrected chi connectivity index (χ1v) is 12.1. The van der Waals surface area contributed by atoms with Crippen LogP contribution in [0.15, 0.2) is 61.3 Å². The molecule has 2 fully saturated rings. The average Bonchev–Trinajstić information content (AvgIpc) is 3.26. The Morgan fingerprint density at radius 1 is 1.11 bits per heavy atom. The Balaban J connectivity index is 1.10. The number of hydrogen-bond acceptors (Lipinski definition) is 7. The Hall–Kier alpha value is -3.62. The Labute approximate surface area is 208 Å². The van der Waals surface area contributed by atoms with Gasteiger partial charge in [0, 0.05) is 44.1 Å². The number of nitrogens with zero attached hydrogens (tertiary/aromatic N) is 4. The van der Waals surface area contributed by atoms with Crippen LogP contribution in [-0.4, -0.2) is 52.5 Å². The van der Waals surface area contributed by atoms with E-state index in [0.29, 0.717) is 18.7 Å². The summed E-state index contributed by atoms with van der Waals surface area (Å²) in [5.74, 6) is -1.33. The molecule has 3 unspecified atom stereocenters. The summed E-state index contributed by atoms with van der Waals surface area (Å²) in [5, 5.41) is 0. The second-order valence-electron chi connectivity index (χ2n) is 9.48. The van der Waals surface area contributed by atoms with Gasteiger partial charge in [0.25, 0.3) is 5.92 Å². The molecule has 1 saturated heterocycles. The maximum Gasteiger partial charge on any atom is 0.255 e. The highest BCUT2D eigenvalue weighted by molar-refractivity contribution is 5.87. The van der Waals surface area contributed by atoms with E-state index in [1.54, 1.807) is 24.7 Å². The average molecular weight is 495 g/mol. The van der Waals surface area contributed by atoms with Crippen molar-refractivity contribution in [1.82, 2.24) is 15.0 Å². The van der Waals surface area contributed by atoms with Crippen LogP contribution in [0, 0.1) is 5.92 Å². The second kappa shape index (κ2) is 10.2. The van der Waals surface area contributed by atoms with Crippen LogP contribution in [0.1, 0.15) is 36.8 Å². The molecule has 5 rings (SSSR count). The van der Waals surface area contributed by atoms with Crippen LogP contribution in [-0.2, 0) is 11.2 Å². The first-order valence-electron chi connectivity index (χ1n) is 12.1. The Morgan fingerprint density at radius 3 is 2.50 bits per heavy atom. The van der Waals surface area contributed by atoms with E-state index in [9.17, 15) is 13.6 Å². The van der Waals surface area contributed by atoms with E-state index < -0.39 is 11.8 Å². The molecule has 1 aliphatic heterocycles. The Morgan fingerprint density at radius 2 is 1.83 bits per heavy atom. The van der Waals surface area contributed by atoms with Crippen LogP contribution < -0.4 is 14.4 Å². The summed E-state index contributed by atoms with van der Waals surface area (Å²) in [6.45, 7) is 3.42. The largest absolute Gasteiger partial charge is 0.491 e. The predicted molar refractivity (Wildman–Crippen MR) is 130 cm³/mol. The molecule has 3 heterocycles. The topological polar surface area (TPSA) is 77.4 Å². The number of pyridine rings is 1. The smallest absolute Gasteiger partial charge is 0.255 e. The van der Waals surface area contributed by atoms with Gasteiger partial charge in [-0.1, -0.05) is 19.1 Å². The van der Waals surface area contributed by atoms with Gasteiger partial charge in [-0.05, 0) is 35.4 Å². The summed E-state index contributed by atoms with van der Waals surface area (Å²) >= 11 is 0. The van der Waals surface area contributed by atoms with E-state index in [0.717, 1.165) is 35.7 Å². The molecule has 0 spiro atoms. The number of ether oxygens (including phenoxy) is 2. The van der Waals surface area contributed by atoms with Crippen molar-refractivity contribution in [2.24, 2.45) is 5.92 Å². The summed E-state index contributed by atoms with van der Waals surface area (Å²) in [5.41, 5.74) is 1.74. The monoisotopic (exact) mass is 494 g/mol. The van der Waals surface area contributed by atoms with Gasteiger partial charge in [-0.25, -0.2) is 23.7 Å². The van der Waals surface area contributed by atoms with Crippen LogP contribution in [0.2, 0.25) is 0 Å². The number of anilines is 1.